The monoisotopic (exact) mass is 258 g/mol. The van der Waals surface area contributed by atoms with E-state index in [1.165, 1.54) is 0 Å². The van der Waals surface area contributed by atoms with Crippen molar-refractivity contribution in [3.63, 3.8) is 0 Å². The second kappa shape index (κ2) is 5.06. The third kappa shape index (κ3) is 2.70. The topological polar surface area (TPSA) is 72.2 Å². The lowest BCUT2D eigenvalue weighted by atomic mass is 10.2. The van der Waals surface area contributed by atoms with Gasteiger partial charge in [0.05, 0.1) is 11.0 Å². The van der Waals surface area contributed by atoms with E-state index in [4.69, 9.17) is 5.11 Å². The maximum atomic E-state index is 12.1. The molecule has 1 N–H and O–H groups in total. The quantitative estimate of drug-likeness (QED) is 0.851. The third-order valence-corrected chi connectivity index (χ3v) is 2.79. The zero-order valence-electron chi connectivity index (χ0n) is 10.8. The van der Waals surface area contributed by atoms with Crippen LogP contribution in [0.1, 0.15) is 12.6 Å². The molecule has 0 amide bonds. The maximum absolute atomic E-state index is 12.1. The van der Waals surface area contributed by atoms with Crippen molar-refractivity contribution in [3.05, 3.63) is 52.0 Å². The first-order valence-corrected chi connectivity index (χ1v) is 5.85. The van der Waals surface area contributed by atoms with Gasteiger partial charge in [0.2, 0.25) is 0 Å². The Labute approximate surface area is 109 Å². The fourth-order valence-electron chi connectivity index (χ4n) is 1.98. The van der Waals surface area contributed by atoms with Crippen LogP contribution in [-0.2, 0) is 11.3 Å². The van der Waals surface area contributed by atoms with Gasteiger partial charge < -0.3 is 9.67 Å². The summed E-state index contributed by atoms with van der Waals surface area (Å²) in [5.74, 6) is -1.01. The lowest BCUT2D eigenvalue weighted by molar-refractivity contribution is -0.131. The highest BCUT2D eigenvalue weighted by molar-refractivity contribution is 5.80. The van der Waals surface area contributed by atoms with Crippen LogP contribution in [0.3, 0.4) is 0 Å². The lowest BCUT2D eigenvalue weighted by Crippen LogP contribution is -2.24. The Hall–Kier alpha value is -2.43. The molecule has 2 rings (SSSR count). The molecular formula is C14H14N2O3. The number of para-hydroxylation sites is 2. The molecule has 0 bridgehead atoms. The number of benzene rings is 1. The molecule has 1 aromatic carbocycles. The Kier molecular flexibility index (Phi) is 3.46. The first-order valence-electron chi connectivity index (χ1n) is 5.85. The van der Waals surface area contributed by atoms with E-state index < -0.39 is 5.97 Å². The van der Waals surface area contributed by atoms with E-state index in [1.54, 1.807) is 24.5 Å². The molecule has 98 valence electrons. The van der Waals surface area contributed by atoms with Gasteiger partial charge in [-0.1, -0.05) is 12.1 Å². The fraction of sp³-hybridized carbons (Fsp3) is 0.214. The molecule has 0 radical (unpaired) electrons. The number of rotatable bonds is 3. The SMILES string of the molecule is CC(=CC(=O)O)Cn1c(=O)c(C)nc2ccccc21. The highest BCUT2D eigenvalue weighted by Crippen LogP contribution is 2.11. The maximum Gasteiger partial charge on any atom is 0.328 e. The van der Waals surface area contributed by atoms with Crippen LogP contribution in [0, 0.1) is 6.92 Å². The van der Waals surface area contributed by atoms with Crippen molar-refractivity contribution in [2.75, 3.05) is 0 Å². The Morgan fingerprint density at radius 1 is 1.42 bits per heavy atom. The van der Waals surface area contributed by atoms with E-state index in [-0.39, 0.29) is 12.1 Å². The van der Waals surface area contributed by atoms with E-state index in [2.05, 4.69) is 4.98 Å². The Morgan fingerprint density at radius 3 is 2.79 bits per heavy atom. The number of aryl methyl sites for hydroxylation is 1. The zero-order chi connectivity index (χ0) is 14.0. The minimum absolute atomic E-state index is 0.197. The summed E-state index contributed by atoms with van der Waals surface area (Å²) in [5.41, 5.74) is 2.24. The van der Waals surface area contributed by atoms with Crippen molar-refractivity contribution in [2.24, 2.45) is 0 Å². The summed E-state index contributed by atoms with van der Waals surface area (Å²) in [6, 6.07) is 7.31. The molecule has 0 aliphatic rings. The van der Waals surface area contributed by atoms with Crippen molar-refractivity contribution < 1.29 is 9.90 Å². The highest BCUT2D eigenvalue weighted by Gasteiger charge is 2.08. The minimum Gasteiger partial charge on any atom is -0.478 e. The van der Waals surface area contributed by atoms with Crippen LogP contribution in [0.15, 0.2) is 40.7 Å². The number of carbonyl (C=O) groups is 1. The number of fused-ring (bicyclic) bond motifs is 1. The van der Waals surface area contributed by atoms with Gasteiger partial charge in [0.25, 0.3) is 5.56 Å². The van der Waals surface area contributed by atoms with E-state index in [1.807, 2.05) is 18.2 Å². The van der Waals surface area contributed by atoms with Crippen molar-refractivity contribution in [1.29, 1.82) is 0 Å². The molecular weight excluding hydrogens is 244 g/mol. The standard InChI is InChI=1S/C14H14N2O3/c1-9(7-13(17)18)8-16-12-6-4-3-5-11(12)15-10(2)14(16)19/h3-7H,8H2,1-2H3,(H,17,18). The zero-order valence-corrected chi connectivity index (χ0v) is 10.8. The smallest absolute Gasteiger partial charge is 0.328 e. The number of aromatic nitrogens is 2. The summed E-state index contributed by atoms with van der Waals surface area (Å²) in [4.78, 5) is 27.0. The first-order chi connectivity index (χ1) is 8.99. The Balaban J connectivity index is 2.62. The summed E-state index contributed by atoms with van der Waals surface area (Å²) in [6.45, 7) is 3.58. The van der Waals surface area contributed by atoms with Crippen molar-refractivity contribution in [3.8, 4) is 0 Å². The molecule has 0 spiro atoms. The molecule has 19 heavy (non-hydrogen) atoms. The van der Waals surface area contributed by atoms with Crippen LogP contribution < -0.4 is 5.56 Å². The van der Waals surface area contributed by atoms with Gasteiger partial charge in [-0.15, -0.1) is 0 Å². The van der Waals surface area contributed by atoms with Gasteiger partial charge in [-0.25, -0.2) is 9.78 Å². The van der Waals surface area contributed by atoms with Gasteiger partial charge in [-0.2, -0.15) is 0 Å². The molecule has 2 aromatic rings. The van der Waals surface area contributed by atoms with Crippen LogP contribution >= 0.6 is 0 Å². The van der Waals surface area contributed by atoms with Crippen LogP contribution in [0.4, 0.5) is 0 Å². The average Bonchev–Trinajstić information content (AvgIpc) is 2.34. The molecule has 5 nitrogen and oxygen atoms in total. The number of hydrogen-bond acceptors (Lipinski definition) is 3. The predicted molar refractivity (Wildman–Crippen MR) is 72.1 cm³/mol. The third-order valence-electron chi connectivity index (χ3n) is 2.79. The molecule has 1 aromatic heterocycles. The summed E-state index contributed by atoms with van der Waals surface area (Å²) in [5, 5.41) is 8.72. The number of allylic oxidation sites excluding steroid dienone is 1. The number of carboxylic acid groups (broad SMARTS) is 1. The normalized spacial score (nSPS) is 11.8. The summed E-state index contributed by atoms with van der Waals surface area (Å²) < 4.78 is 1.55. The molecule has 0 saturated heterocycles. The van der Waals surface area contributed by atoms with Gasteiger partial charge in [0.1, 0.15) is 5.69 Å². The Morgan fingerprint density at radius 2 is 2.11 bits per heavy atom. The largest absolute Gasteiger partial charge is 0.478 e. The van der Waals surface area contributed by atoms with Gasteiger partial charge in [0.15, 0.2) is 0 Å². The van der Waals surface area contributed by atoms with Gasteiger partial charge in [-0.3, -0.25) is 4.79 Å². The van der Waals surface area contributed by atoms with Crippen LogP contribution in [-0.4, -0.2) is 20.6 Å². The first kappa shape index (κ1) is 13.0. The molecule has 5 heteroatoms. The van der Waals surface area contributed by atoms with Crippen LogP contribution in [0.2, 0.25) is 0 Å². The van der Waals surface area contributed by atoms with Gasteiger partial charge >= 0.3 is 5.97 Å². The van der Waals surface area contributed by atoms with Crippen molar-refractivity contribution >= 4 is 17.0 Å². The van der Waals surface area contributed by atoms with E-state index in [0.29, 0.717) is 16.8 Å². The fourth-order valence-corrected chi connectivity index (χ4v) is 1.98. The van der Waals surface area contributed by atoms with Crippen molar-refractivity contribution in [1.82, 2.24) is 9.55 Å². The van der Waals surface area contributed by atoms with Gasteiger partial charge in [0, 0.05) is 12.6 Å². The number of carboxylic acids is 1. The molecule has 0 unspecified atom stereocenters. The van der Waals surface area contributed by atoms with Crippen molar-refractivity contribution in [2.45, 2.75) is 20.4 Å². The van der Waals surface area contributed by atoms with Crippen LogP contribution in [0.5, 0.6) is 0 Å². The van der Waals surface area contributed by atoms with E-state index in [9.17, 15) is 9.59 Å². The van der Waals surface area contributed by atoms with Crippen LogP contribution in [0.25, 0.3) is 11.0 Å². The Bertz CT molecular complexity index is 729. The second-order valence-corrected chi connectivity index (χ2v) is 4.41. The molecule has 0 atom stereocenters. The molecule has 0 saturated carbocycles. The number of hydrogen-bond donors (Lipinski definition) is 1. The number of aliphatic carboxylic acids is 1. The molecule has 1 heterocycles. The highest BCUT2D eigenvalue weighted by atomic mass is 16.4. The summed E-state index contributed by atoms with van der Waals surface area (Å²) >= 11 is 0. The molecule has 0 fully saturated rings. The minimum atomic E-state index is -1.01. The number of nitrogens with zero attached hydrogens (tertiary/aromatic N) is 2. The predicted octanol–water partition coefficient (Wildman–Crippen LogP) is 1.74. The molecule has 0 aliphatic carbocycles. The second-order valence-electron chi connectivity index (χ2n) is 4.41. The van der Waals surface area contributed by atoms with E-state index in [0.717, 1.165) is 11.6 Å². The summed E-state index contributed by atoms with van der Waals surface area (Å²) in [7, 11) is 0. The molecule has 0 aliphatic heterocycles. The summed E-state index contributed by atoms with van der Waals surface area (Å²) in [6.07, 6.45) is 1.11. The van der Waals surface area contributed by atoms with E-state index >= 15 is 0 Å². The average molecular weight is 258 g/mol. The lowest BCUT2D eigenvalue weighted by Gasteiger charge is -2.10. The van der Waals surface area contributed by atoms with Gasteiger partial charge in [-0.05, 0) is 31.6 Å².